The number of carboxylic acids is 1. The Bertz CT molecular complexity index is 371. The highest BCUT2D eigenvalue weighted by molar-refractivity contribution is 5.75. The third-order valence-electron chi connectivity index (χ3n) is 2.20. The van der Waals surface area contributed by atoms with Gasteiger partial charge in [0.1, 0.15) is 6.04 Å². The number of nitrogens with one attached hydrogen (secondary N) is 1. The summed E-state index contributed by atoms with van der Waals surface area (Å²) in [4.78, 5) is 11.1. The molecule has 0 fully saturated rings. The van der Waals surface area contributed by atoms with Crippen LogP contribution < -0.4 is 5.32 Å². The highest BCUT2D eigenvalue weighted by Crippen LogP contribution is 2.14. The van der Waals surface area contributed by atoms with E-state index in [0.29, 0.717) is 12.1 Å². The second-order valence-electron chi connectivity index (χ2n) is 3.82. The predicted molar refractivity (Wildman–Crippen MR) is 61.2 cm³/mol. The fraction of sp³-hybridized carbons (Fsp3) is 0.455. The lowest BCUT2D eigenvalue weighted by Crippen LogP contribution is -2.28. The molecule has 5 nitrogen and oxygen atoms in total. The lowest BCUT2D eigenvalue weighted by atomic mass is 10.1. The highest BCUT2D eigenvalue weighted by atomic mass is 16.4. The van der Waals surface area contributed by atoms with Crippen molar-refractivity contribution in [2.75, 3.05) is 6.54 Å². The zero-order valence-electron chi connectivity index (χ0n) is 9.55. The second kappa shape index (κ2) is 5.46. The lowest BCUT2D eigenvalue weighted by Gasteiger charge is -2.11. The quantitative estimate of drug-likeness (QED) is 0.715. The van der Waals surface area contributed by atoms with Gasteiger partial charge in [0, 0.05) is 24.3 Å². The van der Waals surface area contributed by atoms with Crippen molar-refractivity contribution < 1.29 is 9.90 Å². The van der Waals surface area contributed by atoms with Gasteiger partial charge in [-0.2, -0.15) is 5.10 Å². The molecule has 2 N–H and O–H groups in total. The molecule has 5 heteroatoms. The maximum atomic E-state index is 11.1. The molecule has 0 bridgehead atoms. The largest absolute Gasteiger partial charge is 0.480 e. The number of rotatable bonds is 6. The van der Waals surface area contributed by atoms with E-state index in [1.165, 1.54) is 0 Å². The van der Waals surface area contributed by atoms with E-state index in [1.54, 1.807) is 23.2 Å². The Morgan fingerprint density at radius 1 is 1.75 bits per heavy atom. The van der Waals surface area contributed by atoms with Crippen molar-refractivity contribution in [3.63, 3.8) is 0 Å². The van der Waals surface area contributed by atoms with E-state index < -0.39 is 12.0 Å². The van der Waals surface area contributed by atoms with Crippen molar-refractivity contribution in [3.05, 3.63) is 30.6 Å². The van der Waals surface area contributed by atoms with Gasteiger partial charge in [-0.1, -0.05) is 6.08 Å². The molecule has 0 aliphatic heterocycles. The van der Waals surface area contributed by atoms with Crippen molar-refractivity contribution in [1.82, 2.24) is 15.1 Å². The van der Waals surface area contributed by atoms with E-state index in [-0.39, 0.29) is 6.04 Å². The summed E-state index contributed by atoms with van der Waals surface area (Å²) < 4.78 is 1.74. The summed E-state index contributed by atoms with van der Waals surface area (Å²) in [5.41, 5.74) is 0.656. The van der Waals surface area contributed by atoms with Crippen LogP contribution in [-0.4, -0.2) is 27.4 Å². The molecule has 0 aliphatic carbocycles. The van der Waals surface area contributed by atoms with Gasteiger partial charge in [-0.3, -0.25) is 14.8 Å². The Hall–Kier alpha value is -1.62. The van der Waals surface area contributed by atoms with Gasteiger partial charge in [0.15, 0.2) is 0 Å². The summed E-state index contributed by atoms with van der Waals surface area (Å²) in [6, 6.07) is -0.506. The average molecular weight is 223 g/mol. The van der Waals surface area contributed by atoms with E-state index in [0.717, 1.165) is 0 Å². The minimum atomic E-state index is -0.912. The summed E-state index contributed by atoms with van der Waals surface area (Å²) in [6.07, 6.45) is 4.96. The molecule has 0 saturated heterocycles. The minimum absolute atomic E-state index is 0.225. The number of carboxylic acid groups (broad SMARTS) is 1. The maximum Gasteiger partial charge on any atom is 0.325 e. The van der Waals surface area contributed by atoms with Crippen LogP contribution in [0.2, 0.25) is 0 Å². The van der Waals surface area contributed by atoms with Gasteiger partial charge in [0.05, 0.1) is 6.20 Å². The van der Waals surface area contributed by atoms with Gasteiger partial charge >= 0.3 is 5.97 Å². The van der Waals surface area contributed by atoms with Crippen LogP contribution in [-0.2, 0) is 4.79 Å². The SMILES string of the molecule is C=CCNC(C(=O)O)c1cnn(C(C)C)c1. The molecule has 1 aromatic rings. The molecule has 0 aliphatic rings. The topological polar surface area (TPSA) is 67.2 Å². The Morgan fingerprint density at radius 3 is 2.88 bits per heavy atom. The Labute approximate surface area is 94.8 Å². The lowest BCUT2D eigenvalue weighted by molar-refractivity contribution is -0.139. The molecular formula is C11H17N3O2. The zero-order valence-corrected chi connectivity index (χ0v) is 9.55. The number of carbonyl (C=O) groups is 1. The number of aromatic nitrogens is 2. The normalized spacial score (nSPS) is 12.7. The maximum absolute atomic E-state index is 11.1. The zero-order chi connectivity index (χ0) is 12.1. The number of hydrogen-bond acceptors (Lipinski definition) is 3. The fourth-order valence-corrected chi connectivity index (χ4v) is 1.33. The average Bonchev–Trinajstić information content (AvgIpc) is 2.67. The molecule has 88 valence electrons. The second-order valence-corrected chi connectivity index (χ2v) is 3.82. The third-order valence-corrected chi connectivity index (χ3v) is 2.20. The third kappa shape index (κ3) is 2.93. The van der Waals surface area contributed by atoms with Crippen LogP contribution in [0.25, 0.3) is 0 Å². The van der Waals surface area contributed by atoms with E-state index in [2.05, 4.69) is 17.0 Å². The molecule has 1 heterocycles. The molecule has 0 spiro atoms. The molecule has 16 heavy (non-hydrogen) atoms. The standard InChI is InChI=1S/C11H17N3O2/c1-4-5-12-10(11(15)16)9-6-13-14(7-9)8(2)3/h4,6-8,10,12H,1,5H2,2-3H3,(H,15,16). The molecule has 0 aromatic carbocycles. The van der Waals surface area contributed by atoms with Gasteiger partial charge in [0.25, 0.3) is 0 Å². The van der Waals surface area contributed by atoms with Crippen LogP contribution in [0.3, 0.4) is 0 Å². The van der Waals surface area contributed by atoms with Gasteiger partial charge in [-0.15, -0.1) is 6.58 Å². The van der Waals surface area contributed by atoms with E-state index in [4.69, 9.17) is 5.11 Å². The first-order chi connectivity index (χ1) is 7.56. The first kappa shape index (κ1) is 12.4. The van der Waals surface area contributed by atoms with Gasteiger partial charge in [0.2, 0.25) is 0 Å². The van der Waals surface area contributed by atoms with Crippen molar-refractivity contribution in [2.24, 2.45) is 0 Å². The van der Waals surface area contributed by atoms with Crippen LogP contribution in [0.4, 0.5) is 0 Å². The minimum Gasteiger partial charge on any atom is -0.480 e. The fourth-order valence-electron chi connectivity index (χ4n) is 1.33. The number of aliphatic carboxylic acids is 1. The molecular weight excluding hydrogens is 206 g/mol. The number of nitrogens with zero attached hydrogens (tertiary/aromatic N) is 2. The Balaban J connectivity index is 2.83. The molecule has 1 atom stereocenters. The smallest absolute Gasteiger partial charge is 0.325 e. The number of hydrogen-bond donors (Lipinski definition) is 2. The van der Waals surface area contributed by atoms with Crippen LogP contribution in [0.5, 0.6) is 0 Å². The monoisotopic (exact) mass is 223 g/mol. The molecule has 0 radical (unpaired) electrons. The van der Waals surface area contributed by atoms with Gasteiger partial charge in [-0.25, -0.2) is 0 Å². The van der Waals surface area contributed by atoms with Gasteiger partial charge in [-0.05, 0) is 13.8 Å². The molecule has 0 amide bonds. The Kier molecular flexibility index (Phi) is 4.25. The van der Waals surface area contributed by atoms with Crippen molar-refractivity contribution in [2.45, 2.75) is 25.9 Å². The molecule has 1 rings (SSSR count). The molecule has 0 saturated carbocycles. The predicted octanol–water partition coefficient (Wildman–Crippen LogP) is 1.37. The van der Waals surface area contributed by atoms with Crippen molar-refractivity contribution in [3.8, 4) is 0 Å². The molecule has 1 aromatic heterocycles. The van der Waals surface area contributed by atoms with E-state index in [1.807, 2.05) is 13.8 Å². The summed E-state index contributed by atoms with van der Waals surface area (Å²) >= 11 is 0. The summed E-state index contributed by atoms with van der Waals surface area (Å²) in [6.45, 7) is 7.97. The van der Waals surface area contributed by atoms with Crippen LogP contribution in [0.15, 0.2) is 25.0 Å². The Morgan fingerprint density at radius 2 is 2.44 bits per heavy atom. The van der Waals surface area contributed by atoms with Crippen LogP contribution in [0, 0.1) is 0 Å². The molecule has 1 unspecified atom stereocenters. The highest BCUT2D eigenvalue weighted by Gasteiger charge is 2.20. The summed E-state index contributed by atoms with van der Waals surface area (Å²) in [7, 11) is 0. The van der Waals surface area contributed by atoms with Crippen molar-refractivity contribution >= 4 is 5.97 Å². The van der Waals surface area contributed by atoms with E-state index >= 15 is 0 Å². The summed E-state index contributed by atoms with van der Waals surface area (Å²) in [5.74, 6) is -0.912. The summed E-state index contributed by atoms with van der Waals surface area (Å²) in [5, 5.41) is 16.0. The van der Waals surface area contributed by atoms with Crippen LogP contribution >= 0.6 is 0 Å². The van der Waals surface area contributed by atoms with Gasteiger partial charge < -0.3 is 5.11 Å². The first-order valence-electron chi connectivity index (χ1n) is 5.17. The van der Waals surface area contributed by atoms with Crippen molar-refractivity contribution in [1.29, 1.82) is 0 Å². The first-order valence-corrected chi connectivity index (χ1v) is 5.17. The van der Waals surface area contributed by atoms with Crippen LogP contribution in [0.1, 0.15) is 31.5 Å². The van der Waals surface area contributed by atoms with E-state index in [9.17, 15) is 4.79 Å².